The summed E-state index contributed by atoms with van der Waals surface area (Å²) in [5.41, 5.74) is 0.282. The first-order valence-electron chi connectivity index (χ1n) is 6.60. The summed E-state index contributed by atoms with van der Waals surface area (Å²) in [6, 6.07) is 3.27. The summed E-state index contributed by atoms with van der Waals surface area (Å²) in [6.07, 6.45) is 0.0764. The molecule has 0 radical (unpaired) electrons. The van der Waals surface area contributed by atoms with E-state index in [0.717, 1.165) is 18.1 Å². The molecular weight excluding hydrogens is 292 g/mol. The highest BCUT2D eigenvalue weighted by Gasteiger charge is 2.26. The van der Waals surface area contributed by atoms with Crippen LogP contribution < -0.4 is 4.90 Å². The van der Waals surface area contributed by atoms with Gasteiger partial charge in [-0.2, -0.15) is 11.8 Å². The Morgan fingerprint density at radius 3 is 2.76 bits per heavy atom. The highest BCUT2D eigenvalue weighted by molar-refractivity contribution is 7.99. The zero-order valence-electron chi connectivity index (χ0n) is 12.0. The summed E-state index contributed by atoms with van der Waals surface area (Å²) in [5.74, 6) is 1.28. The number of rotatable bonds is 4. The fourth-order valence-electron chi connectivity index (χ4n) is 2.15. The van der Waals surface area contributed by atoms with Gasteiger partial charge in [-0.1, -0.05) is 0 Å². The summed E-state index contributed by atoms with van der Waals surface area (Å²) >= 11 is 1.74. The van der Waals surface area contributed by atoms with Crippen LogP contribution in [0.5, 0.6) is 0 Å². The van der Waals surface area contributed by atoms with Crippen LogP contribution in [0.4, 0.5) is 5.82 Å². The summed E-state index contributed by atoms with van der Waals surface area (Å²) in [6.45, 7) is 0.734. The van der Waals surface area contributed by atoms with E-state index >= 15 is 0 Å². The van der Waals surface area contributed by atoms with Crippen LogP contribution in [0.15, 0.2) is 12.1 Å². The molecule has 1 saturated heterocycles. The summed E-state index contributed by atoms with van der Waals surface area (Å²) in [4.78, 5) is 26.1. The van der Waals surface area contributed by atoms with Crippen LogP contribution >= 0.6 is 11.8 Å². The Hall–Kier alpha value is -1.83. The van der Waals surface area contributed by atoms with E-state index in [9.17, 15) is 9.59 Å². The zero-order chi connectivity index (χ0) is 15.4. The molecule has 114 valence electrons. The van der Waals surface area contributed by atoms with Gasteiger partial charge < -0.3 is 14.9 Å². The van der Waals surface area contributed by atoms with Crippen molar-refractivity contribution in [2.75, 3.05) is 37.0 Å². The van der Waals surface area contributed by atoms with Gasteiger partial charge in [0.15, 0.2) is 11.5 Å². The number of carbonyl (C=O) groups excluding carboxylic acids is 1. The third kappa shape index (κ3) is 3.84. The summed E-state index contributed by atoms with van der Waals surface area (Å²) in [7, 11) is 3.31. The molecular formula is C13H18N4O3S. The molecule has 0 aromatic carbocycles. The Morgan fingerprint density at radius 2 is 2.19 bits per heavy atom. The first kappa shape index (κ1) is 15.6. The Kier molecular flexibility index (Phi) is 5.00. The summed E-state index contributed by atoms with van der Waals surface area (Å²) < 4.78 is 0. The molecule has 1 aliphatic rings. The minimum Gasteiger partial charge on any atom is -0.481 e. The van der Waals surface area contributed by atoms with Crippen LogP contribution in [-0.4, -0.2) is 70.3 Å². The highest BCUT2D eigenvalue weighted by atomic mass is 32.2. The smallest absolute Gasteiger partial charge is 0.305 e. The van der Waals surface area contributed by atoms with E-state index in [-0.39, 0.29) is 24.1 Å². The number of anilines is 1. The molecule has 1 aliphatic heterocycles. The highest BCUT2D eigenvalue weighted by Crippen LogP contribution is 2.24. The van der Waals surface area contributed by atoms with E-state index in [4.69, 9.17) is 5.11 Å². The van der Waals surface area contributed by atoms with Crippen molar-refractivity contribution in [1.82, 2.24) is 15.1 Å². The molecule has 2 heterocycles. The lowest BCUT2D eigenvalue weighted by atomic mass is 10.2. The maximum absolute atomic E-state index is 11.8. The number of carboxylic acids is 1. The maximum atomic E-state index is 11.8. The minimum atomic E-state index is -0.820. The van der Waals surface area contributed by atoms with E-state index in [1.165, 1.54) is 4.90 Å². The van der Waals surface area contributed by atoms with Crippen LogP contribution in [0.3, 0.4) is 0 Å². The number of hydrogen-bond acceptors (Lipinski definition) is 6. The van der Waals surface area contributed by atoms with E-state index in [0.29, 0.717) is 5.82 Å². The van der Waals surface area contributed by atoms with Gasteiger partial charge in [-0.05, 0) is 12.1 Å². The molecule has 1 fully saturated rings. The molecule has 1 unspecified atom stereocenters. The van der Waals surface area contributed by atoms with E-state index in [1.54, 1.807) is 38.0 Å². The first-order valence-corrected chi connectivity index (χ1v) is 7.76. The molecule has 1 N–H and O–H groups in total. The van der Waals surface area contributed by atoms with Gasteiger partial charge in [0.05, 0.1) is 6.42 Å². The normalized spacial score (nSPS) is 18.4. The molecule has 0 aliphatic carbocycles. The van der Waals surface area contributed by atoms with Gasteiger partial charge in [0.25, 0.3) is 5.91 Å². The molecule has 8 heteroatoms. The van der Waals surface area contributed by atoms with Crippen molar-refractivity contribution in [3.05, 3.63) is 17.8 Å². The lowest BCUT2D eigenvalue weighted by molar-refractivity contribution is -0.137. The molecule has 21 heavy (non-hydrogen) atoms. The monoisotopic (exact) mass is 310 g/mol. The number of aromatic nitrogens is 2. The van der Waals surface area contributed by atoms with Gasteiger partial charge in [-0.3, -0.25) is 9.59 Å². The number of aliphatic carboxylic acids is 1. The third-order valence-electron chi connectivity index (χ3n) is 3.21. The number of nitrogens with zero attached hydrogens (tertiary/aromatic N) is 4. The largest absolute Gasteiger partial charge is 0.481 e. The Bertz CT molecular complexity index is 521. The zero-order valence-corrected chi connectivity index (χ0v) is 12.8. The van der Waals surface area contributed by atoms with Gasteiger partial charge in [-0.25, -0.2) is 0 Å². The lowest BCUT2D eigenvalue weighted by Gasteiger charge is -2.35. The van der Waals surface area contributed by atoms with E-state index in [2.05, 4.69) is 10.2 Å². The Morgan fingerprint density at radius 1 is 1.43 bits per heavy atom. The number of thioether (sulfide) groups is 1. The van der Waals surface area contributed by atoms with E-state index in [1.807, 2.05) is 4.90 Å². The van der Waals surface area contributed by atoms with E-state index < -0.39 is 5.97 Å². The fourth-order valence-corrected chi connectivity index (χ4v) is 3.21. The van der Waals surface area contributed by atoms with Gasteiger partial charge >= 0.3 is 5.97 Å². The number of carbonyl (C=O) groups is 2. The Labute approximate surface area is 127 Å². The molecule has 1 aromatic heterocycles. The van der Waals surface area contributed by atoms with Crippen molar-refractivity contribution in [3.8, 4) is 0 Å². The van der Waals surface area contributed by atoms with Crippen LogP contribution in [0.1, 0.15) is 16.9 Å². The van der Waals surface area contributed by atoms with Gasteiger partial charge in [0, 0.05) is 38.2 Å². The number of hydrogen-bond donors (Lipinski definition) is 1. The average Bonchev–Trinajstić information content (AvgIpc) is 2.46. The molecule has 1 aromatic rings. The molecule has 0 saturated carbocycles. The molecule has 0 bridgehead atoms. The van der Waals surface area contributed by atoms with Crippen LogP contribution in [0.25, 0.3) is 0 Å². The topological polar surface area (TPSA) is 86.6 Å². The Balaban J connectivity index is 2.15. The molecule has 0 spiro atoms. The second kappa shape index (κ2) is 6.75. The quantitative estimate of drug-likeness (QED) is 0.870. The second-order valence-electron chi connectivity index (χ2n) is 5.00. The number of amides is 1. The van der Waals surface area contributed by atoms with Crippen molar-refractivity contribution in [1.29, 1.82) is 0 Å². The van der Waals surface area contributed by atoms with Crippen molar-refractivity contribution >= 4 is 29.5 Å². The van der Waals surface area contributed by atoms with Gasteiger partial charge in [0.1, 0.15) is 0 Å². The third-order valence-corrected chi connectivity index (χ3v) is 4.30. The predicted octanol–water partition coefficient (Wildman–Crippen LogP) is 0.575. The fraction of sp³-hybridized carbons (Fsp3) is 0.538. The maximum Gasteiger partial charge on any atom is 0.305 e. The predicted molar refractivity (Wildman–Crippen MR) is 80.8 cm³/mol. The molecule has 1 atom stereocenters. The van der Waals surface area contributed by atoms with Crippen molar-refractivity contribution in [3.63, 3.8) is 0 Å². The SMILES string of the molecule is CN(C)C(=O)c1ccc(N2CCSCC2CC(=O)O)nn1. The standard InChI is InChI=1S/C13H18N4O3S/c1-16(2)13(20)10-3-4-11(15-14-10)17-5-6-21-8-9(17)7-12(18)19/h3-4,9H,5-8H2,1-2H3,(H,18,19). The molecule has 2 rings (SSSR count). The molecule has 7 nitrogen and oxygen atoms in total. The van der Waals surface area contributed by atoms with Crippen molar-refractivity contribution < 1.29 is 14.7 Å². The van der Waals surface area contributed by atoms with Crippen LogP contribution in [0.2, 0.25) is 0 Å². The molecule has 1 amide bonds. The van der Waals surface area contributed by atoms with Crippen molar-refractivity contribution in [2.24, 2.45) is 0 Å². The van der Waals surface area contributed by atoms with Crippen molar-refractivity contribution in [2.45, 2.75) is 12.5 Å². The second-order valence-corrected chi connectivity index (χ2v) is 6.15. The van der Waals surface area contributed by atoms with Gasteiger partial charge in [-0.15, -0.1) is 10.2 Å². The lowest BCUT2D eigenvalue weighted by Crippen LogP contribution is -2.44. The van der Waals surface area contributed by atoms with Crippen LogP contribution in [-0.2, 0) is 4.79 Å². The van der Waals surface area contributed by atoms with Crippen LogP contribution in [0, 0.1) is 0 Å². The number of carboxylic acid groups (broad SMARTS) is 1. The minimum absolute atomic E-state index is 0.0764. The average molecular weight is 310 g/mol. The summed E-state index contributed by atoms with van der Waals surface area (Å²) in [5, 5.41) is 17.0. The first-order chi connectivity index (χ1) is 9.99. The van der Waals surface area contributed by atoms with Gasteiger partial charge in [0.2, 0.25) is 0 Å².